The van der Waals surface area contributed by atoms with Gasteiger partial charge in [0.15, 0.2) is 11.6 Å². The summed E-state index contributed by atoms with van der Waals surface area (Å²) in [5.74, 6) is -3.28. The average Bonchev–Trinajstić information content (AvgIpc) is 3.30. The molecule has 8 nitrogen and oxygen atoms in total. The molecule has 1 aromatic carbocycles. The van der Waals surface area contributed by atoms with Gasteiger partial charge in [-0.3, -0.25) is 15.0 Å². The van der Waals surface area contributed by atoms with Crippen LogP contribution >= 0.6 is 11.3 Å². The van der Waals surface area contributed by atoms with Gasteiger partial charge in [-0.15, -0.1) is 11.3 Å². The molecule has 0 aliphatic heterocycles. The van der Waals surface area contributed by atoms with E-state index in [-0.39, 0.29) is 40.3 Å². The molecule has 0 saturated carbocycles. The highest BCUT2D eigenvalue weighted by atomic mass is 32.1. The van der Waals surface area contributed by atoms with Gasteiger partial charge in [0.1, 0.15) is 10.7 Å². The summed E-state index contributed by atoms with van der Waals surface area (Å²) >= 11 is 1.16. The largest absolute Gasteiger partial charge is 0.481 e. The number of thiophene rings is 1. The molecule has 0 fully saturated rings. The van der Waals surface area contributed by atoms with Crippen molar-refractivity contribution in [2.45, 2.75) is 65.8 Å². The Morgan fingerprint density at radius 3 is 2.39 bits per heavy atom. The number of nitrogen functional groups attached to an aromatic ring is 1. The van der Waals surface area contributed by atoms with Crippen LogP contribution < -0.4 is 15.8 Å². The van der Waals surface area contributed by atoms with E-state index >= 15 is 0 Å². The van der Waals surface area contributed by atoms with E-state index in [1.807, 2.05) is 27.7 Å². The standard InChI is InChI=1S/C26H34FN3O5S/c1-5-15(4)19(13-22(31)32)30-25(34)26(6-2,7-3)14-17-9-11-21(36-17)24(33)35-20-10-8-16(23(28)29)12-18(20)27/h8-12,15,19H,5-7,13-14H2,1-4H3,(H3,28,29)(H,30,34)(H,31,32)/t15-,19+/m0/s1. The first-order chi connectivity index (χ1) is 17.0. The van der Waals surface area contributed by atoms with E-state index in [4.69, 9.17) is 15.9 Å². The zero-order chi connectivity index (χ0) is 27.0. The zero-order valence-electron chi connectivity index (χ0n) is 21.0. The fourth-order valence-electron chi connectivity index (χ4n) is 3.91. The van der Waals surface area contributed by atoms with Gasteiger partial charge in [0.05, 0.1) is 11.8 Å². The van der Waals surface area contributed by atoms with Crippen LogP contribution in [0, 0.1) is 22.6 Å². The van der Waals surface area contributed by atoms with E-state index in [1.54, 1.807) is 12.1 Å². The highest BCUT2D eigenvalue weighted by molar-refractivity contribution is 7.14. The highest BCUT2D eigenvalue weighted by Crippen LogP contribution is 2.35. The summed E-state index contributed by atoms with van der Waals surface area (Å²) in [6.07, 6.45) is 2.01. The van der Waals surface area contributed by atoms with Crippen molar-refractivity contribution in [3.63, 3.8) is 0 Å². The van der Waals surface area contributed by atoms with Gasteiger partial charge in [0, 0.05) is 16.5 Å². The molecule has 0 bridgehead atoms. The Hall–Kier alpha value is -3.27. The maximum absolute atomic E-state index is 14.3. The predicted octanol–water partition coefficient (Wildman–Crippen LogP) is 4.74. The van der Waals surface area contributed by atoms with Crippen molar-refractivity contribution in [1.29, 1.82) is 5.41 Å². The van der Waals surface area contributed by atoms with Gasteiger partial charge in [-0.2, -0.15) is 0 Å². The van der Waals surface area contributed by atoms with Crippen molar-refractivity contribution >= 4 is 35.0 Å². The number of carbonyl (C=O) groups excluding carboxylic acids is 2. The highest BCUT2D eigenvalue weighted by Gasteiger charge is 2.37. The van der Waals surface area contributed by atoms with E-state index in [9.17, 15) is 23.9 Å². The lowest BCUT2D eigenvalue weighted by Gasteiger charge is -2.33. The lowest BCUT2D eigenvalue weighted by atomic mass is 9.77. The lowest BCUT2D eigenvalue weighted by molar-refractivity contribution is -0.139. The second-order valence-corrected chi connectivity index (χ2v) is 10.1. The van der Waals surface area contributed by atoms with Crippen molar-refractivity contribution in [1.82, 2.24) is 5.32 Å². The fraction of sp³-hybridized carbons (Fsp3) is 0.462. The SMILES string of the molecule is CC[C@H](C)[C@@H](CC(=O)O)NC(=O)C(CC)(CC)Cc1ccc(C(=O)Oc2ccc(C(=N)N)cc2F)s1. The average molecular weight is 520 g/mol. The molecule has 2 rings (SSSR count). The van der Waals surface area contributed by atoms with Crippen LogP contribution in [0.25, 0.3) is 0 Å². The number of carboxylic acid groups (broad SMARTS) is 1. The third-order valence-electron chi connectivity index (χ3n) is 6.70. The number of nitrogens with one attached hydrogen (secondary N) is 2. The number of hydrogen-bond acceptors (Lipinski definition) is 6. The number of amides is 1. The summed E-state index contributed by atoms with van der Waals surface area (Å²) in [7, 11) is 0. The molecule has 0 aliphatic carbocycles. The first kappa shape index (κ1) is 29.0. The molecule has 0 spiro atoms. The summed E-state index contributed by atoms with van der Waals surface area (Å²) in [5.41, 5.74) is 4.75. The fourth-order valence-corrected chi connectivity index (χ4v) is 4.94. The molecule has 10 heteroatoms. The summed E-state index contributed by atoms with van der Waals surface area (Å²) < 4.78 is 19.4. The lowest BCUT2D eigenvalue weighted by Crippen LogP contribution is -2.49. The topological polar surface area (TPSA) is 143 Å². The van der Waals surface area contributed by atoms with Crippen LogP contribution in [0.5, 0.6) is 5.75 Å². The molecule has 0 saturated heterocycles. The Morgan fingerprint density at radius 1 is 1.19 bits per heavy atom. The second kappa shape index (κ2) is 12.6. The number of nitrogens with two attached hydrogens (primary N) is 1. The number of halogens is 1. The van der Waals surface area contributed by atoms with Crippen molar-refractivity contribution in [2.75, 3.05) is 0 Å². The zero-order valence-corrected chi connectivity index (χ0v) is 21.8. The number of carbonyl (C=O) groups is 3. The molecule has 1 aromatic heterocycles. The van der Waals surface area contributed by atoms with E-state index in [0.29, 0.717) is 19.3 Å². The molecule has 1 heterocycles. The number of hydrogen-bond donors (Lipinski definition) is 4. The van der Waals surface area contributed by atoms with Gasteiger partial charge in [-0.05, 0) is 55.5 Å². The van der Waals surface area contributed by atoms with Gasteiger partial charge < -0.3 is 20.9 Å². The van der Waals surface area contributed by atoms with E-state index in [2.05, 4.69) is 5.32 Å². The minimum Gasteiger partial charge on any atom is -0.481 e. The summed E-state index contributed by atoms with van der Waals surface area (Å²) in [6.45, 7) is 7.69. The van der Waals surface area contributed by atoms with Gasteiger partial charge in [-0.1, -0.05) is 34.1 Å². The smallest absolute Gasteiger partial charge is 0.353 e. The summed E-state index contributed by atoms with van der Waals surface area (Å²) in [6, 6.07) is 6.50. The summed E-state index contributed by atoms with van der Waals surface area (Å²) in [4.78, 5) is 38.4. The van der Waals surface area contributed by atoms with Crippen LogP contribution in [-0.4, -0.2) is 34.8 Å². The molecule has 196 valence electrons. The maximum Gasteiger partial charge on any atom is 0.353 e. The number of ether oxygens (including phenoxy) is 1. The monoisotopic (exact) mass is 519 g/mol. The molecular weight excluding hydrogens is 485 g/mol. The number of rotatable bonds is 13. The third kappa shape index (κ3) is 7.13. The molecule has 0 aliphatic rings. The normalized spacial score (nSPS) is 13.0. The Kier molecular flexibility index (Phi) is 10.2. The Labute approximate surface area is 214 Å². The van der Waals surface area contributed by atoms with Gasteiger partial charge in [0.25, 0.3) is 0 Å². The van der Waals surface area contributed by atoms with E-state index < -0.39 is 29.2 Å². The van der Waals surface area contributed by atoms with Crippen molar-refractivity contribution in [2.24, 2.45) is 17.1 Å². The number of amidine groups is 1. The maximum atomic E-state index is 14.3. The number of benzene rings is 1. The number of aliphatic carboxylic acids is 1. The van der Waals surface area contributed by atoms with Crippen LogP contribution in [0.2, 0.25) is 0 Å². The molecule has 0 radical (unpaired) electrons. The molecule has 5 N–H and O–H groups in total. The van der Waals surface area contributed by atoms with Gasteiger partial charge in [0.2, 0.25) is 5.91 Å². The Bertz CT molecular complexity index is 1110. The molecule has 2 aromatic rings. The molecule has 2 atom stereocenters. The number of carboxylic acids is 1. The molecule has 36 heavy (non-hydrogen) atoms. The Balaban J connectivity index is 2.18. The molecule has 1 amide bonds. The van der Waals surface area contributed by atoms with Crippen LogP contribution in [0.3, 0.4) is 0 Å². The minimum absolute atomic E-state index is 0.00415. The quantitative estimate of drug-likeness (QED) is 0.130. The van der Waals surface area contributed by atoms with Gasteiger partial charge in [-0.25, -0.2) is 9.18 Å². The van der Waals surface area contributed by atoms with Crippen molar-refractivity contribution in [3.8, 4) is 5.75 Å². The van der Waals surface area contributed by atoms with E-state index in [1.165, 1.54) is 12.1 Å². The Morgan fingerprint density at radius 2 is 1.86 bits per heavy atom. The van der Waals surface area contributed by atoms with Crippen molar-refractivity contribution in [3.05, 3.63) is 51.5 Å². The van der Waals surface area contributed by atoms with Crippen molar-refractivity contribution < 1.29 is 28.6 Å². The predicted molar refractivity (Wildman–Crippen MR) is 137 cm³/mol. The van der Waals surface area contributed by atoms with E-state index in [0.717, 1.165) is 28.7 Å². The first-order valence-electron chi connectivity index (χ1n) is 11.9. The van der Waals surface area contributed by atoms with Crippen LogP contribution in [0.1, 0.15) is 73.5 Å². The first-order valence-corrected chi connectivity index (χ1v) is 12.8. The summed E-state index contributed by atoms with van der Waals surface area (Å²) in [5, 5.41) is 19.6. The third-order valence-corrected chi connectivity index (χ3v) is 7.76. The molecule has 0 unspecified atom stereocenters. The van der Waals surface area contributed by atoms with Gasteiger partial charge >= 0.3 is 11.9 Å². The van der Waals surface area contributed by atoms with Crippen LogP contribution in [-0.2, 0) is 16.0 Å². The van der Waals surface area contributed by atoms with Crippen LogP contribution in [0.4, 0.5) is 4.39 Å². The second-order valence-electron chi connectivity index (χ2n) is 8.94. The number of esters is 1. The van der Waals surface area contributed by atoms with Crippen LogP contribution in [0.15, 0.2) is 30.3 Å². The minimum atomic E-state index is -0.965. The molecular formula is C26H34FN3O5S.